The molecule has 1 rings (SSSR count). The van der Waals surface area contributed by atoms with E-state index < -0.39 is 12.9 Å². The molecule has 0 atom stereocenters. The quantitative estimate of drug-likeness (QED) is 0.711. The van der Waals surface area contributed by atoms with Crippen LogP contribution in [0.5, 0.6) is 0 Å². The summed E-state index contributed by atoms with van der Waals surface area (Å²) >= 11 is 0. The van der Waals surface area contributed by atoms with Crippen molar-refractivity contribution >= 4 is 12.6 Å². The number of rotatable bonds is 4. The van der Waals surface area contributed by atoms with Crippen molar-refractivity contribution in [1.82, 2.24) is 0 Å². The highest BCUT2D eigenvalue weighted by atomic mass is 19.1. The van der Waals surface area contributed by atoms with Crippen molar-refractivity contribution in [2.24, 2.45) is 0 Å². The van der Waals surface area contributed by atoms with Crippen LogP contribution in [-0.4, -0.2) is 23.3 Å². The molecule has 0 radical (unpaired) electrons. The van der Waals surface area contributed by atoms with Crippen LogP contribution >= 0.6 is 0 Å². The summed E-state index contributed by atoms with van der Waals surface area (Å²) in [6.45, 7) is 3.99. The van der Waals surface area contributed by atoms with Crippen molar-refractivity contribution in [2.45, 2.75) is 26.6 Å². The first-order valence-electron chi connectivity index (χ1n) is 4.76. The van der Waals surface area contributed by atoms with Gasteiger partial charge in [0.2, 0.25) is 0 Å². The van der Waals surface area contributed by atoms with Crippen molar-refractivity contribution in [3.63, 3.8) is 0 Å². The molecule has 82 valence electrons. The zero-order valence-electron chi connectivity index (χ0n) is 8.77. The Bertz CT molecular complexity index is 328. The van der Waals surface area contributed by atoms with E-state index in [0.717, 1.165) is 6.07 Å². The van der Waals surface area contributed by atoms with E-state index in [-0.39, 0.29) is 18.2 Å². The maximum absolute atomic E-state index is 12.8. The molecule has 0 spiro atoms. The second kappa shape index (κ2) is 5.25. The minimum atomic E-state index is -1.67. The van der Waals surface area contributed by atoms with Crippen LogP contribution in [0, 0.1) is 5.82 Å². The Kier molecular flexibility index (Phi) is 4.26. The lowest BCUT2D eigenvalue weighted by Gasteiger charge is -2.11. The van der Waals surface area contributed by atoms with E-state index in [1.54, 1.807) is 0 Å². The lowest BCUT2D eigenvalue weighted by atomic mass is 9.77. The summed E-state index contributed by atoms with van der Waals surface area (Å²) in [5.74, 6) is -0.494. The molecular formula is C10H14BFO3. The Hall–Kier alpha value is -0.905. The van der Waals surface area contributed by atoms with Crippen LogP contribution in [-0.2, 0) is 11.3 Å². The largest absolute Gasteiger partial charge is 0.488 e. The summed E-state index contributed by atoms with van der Waals surface area (Å²) in [7, 11) is -1.67. The van der Waals surface area contributed by atoms with Crippen molar-refractivity contribution < 1.29 is 19.2 Å². The topological polar surface area (TPSA) is 49.7 Å². The molecule has 0 saturated heterocycles. The Morgan fingerprint density at radius 3 is 2.60 bits per heavy atom. The van der Waals surface area contributed by atoms with Crippen LogP contribution in [0.2, 0.25) is 0 Å². The zero-order valence-corrected chi connectivity index (χ0v) is 8.77. The van der Waals surface area contributed by atoms with Crippen molar-refractivity contribution in [3.05, 3.63) is 29.6 Å². The second-order valence-electron chi connectivity index (χ2n) is 3.58. The lowest BCUT2D eigenvalue weighted by Crippen LogP contribution is -2.33. The standard InChI is InChI=1S/C10H14BFO3/c1-7(2)15-6-8-3-4-9(12)5-10(8)11(13)14/h3-5,7,13-14H,6H2,1-2H3. The molecule has 15 heavy (non-hydrogen) atoms. The first-order valence-corrected chi connectivity index (χ1v) is 4.76. The minimum Gasteiger partial charge on any atom is -0.423 e. The molecule has 0 aliphatic carbocycles. The van der Waals surface area contributed by atoms with E-state index in [1.807, 2.05) is 13.8 Å². The summed E-state index contributed by atoms with van der Waals surface area (Å²) < 4.78 is 18.2. The molecule has 0 aliphatic rings. The van der Waals surface area contributed by atoms with E-state index in [9.17, 15) is 4.39 Å². The highest BCUT2D eigenvalue weighted by molar-refractivity contribution is 6.59. The summed E-state index contributed by atoms with van der Waals surface area (Å²) in [4.78, 5) is 0. The van der Waals surface area contributed by atoms with Gasteiger partial charge in [0.25, 0.3) is 0 Å². The molecule has 3 nitrogen and oxygen atoms in total. The number of hydrogen-bond donors (Lipinski definition) is 2. The minimum absolute atomic E-state index is 0.0405. The van der Waals surface area contributed by atoms with Crippen LogP contribution in [0.15, 0.2) is 18.2 Å². The third-order valence-electron chi connectivity index (χ3n) is 1.96. The molecule has 1 aromatic carbocycles. The smallest absolute Gasteiger partial charge is 0.423 e. The van der Waals surface area contributed by atoms with Gasteiger partial charge in [0.05, 0.1) is 12.7 Å². The monoisotopic (exact) mass is 212 g/mol. The van der Waals surface area contributed by atoms with Gasteiger partial charge in [-0.2, -0.15) is 0 Å². The van der Waals surface area contributed by atoms with E-state index in [4.69, 9.17) is 14.8 Å². The molecular weight excluding hydrogens is 198 g/mol. The predicted molar refractivity (Wildman–Crippen MR) is 56.2 cm³/mol. The van der Waals surface area contributed by atoms with Gasteiger partial charge in [-0.15, -0.1) is 0 Å². The Morgan fingerprint density at radius 2 is 2.07 bits per heavy atom. The fourth-order valence-electron chi connectivity index (χ4n) is 1.19. The normalized spacial score (nSPS) is 10.8. The molecule has 0 aromatic heterocycles. The third kappa shape index (κ3) is 3.62. The molecule has 0 fully saturated rings. The van der Waals surface area contributed by atoms with E-state index in [2.05, 4.69) is 0 Å². The first kappa shape index (κ1) is 12.2. The van der Waals surface area contributed by atoms with Gasteiger partial charge in [0, 0.05) is 0 Å². The summed E-state index contributed by atoms with van der Waals surface area (Å²) in [5.41, 5.74) is 0.732. The van der Waals surface area contributed by atoms with Gasteiger partial charge >= 0.3 is 7.12 Å². The molecule has 0 amide bonds. The molecule has 0 saturated carbocycles. The van der Waals surface area contributed by atoms with Gasteiger partial charge in [0.15, 0.2) is 0 Å². The highest BCUT2D eigenvalue weighted by Crippen LogP contribution is 2.04. The highest BCUT2D eigenvalue weighted by Gasteiger charge is 2.16. The molecule has 5 heteroatoms. The van der Waals surface area contributed by atoms with E-state index in [1.165, 1.54) is 12.1 Å². The summed E-state index contributed by atoms with van der Waals surface area (Å²) in [6.07, 6.45) is 0.0405. The van der Waals surface area contributed by atoms with Crippen molar-refractivity contribution in [3.8, 4) is 0 Å². The van der Waals surface area contributed by atoms with Gasteiger partial charge in [0.1, 0.15) is 5.82 Å². The first-order chi connectivity index (χ1) is 7.00. The maximum Gasteiger partial charge on any atom is 0.488 e. The van der Waals surface area contributed by atoms with Gasteiger partial charge in [-0.1, -0.05) is 6.07 Å². The maximum atomic E-state index is 12.8. The second-order valence-corrected chi connectivity index (χ2v) is 3.58. The van der Waals surface area contributed by atoms with Gasteiger partial charge in [-0.25, -0.2) is 4.39 Å². The fraction of sp³-hybridized carbons (Fsp3) is 0.400. The number of hydrogen-bond acceptors (Lipinski definition) is 3. The molecule has 2 N–H and O–H groups in total. The van der Waals surface area contributed by atoms with Gasteiger partial charge in [-0.05, 0) is 37.0 Å². The predicted octanol–water partition coefficient (Wildman–Crippen LogP) is 0.430. The SMILES string of the molecule is CC(C)OCc1ccc(F)cc1B(O)O. The van der Waals surface area contributed by atoms with Gasteiger partial charge < -0.3 is 14.8 Å². The Morgan fingerprint density at radius 1 is 1.40 bits per heavy atom. The number of halogens is 1. The average molecular weight is 212 g/mol. The number of ether oxygens (including phenoxy) is 1. The third-order valence-corrected chi connectivity index (χ3v) is 1.96. The van der Waals surface area contributed by atoms with E-state index in [0.29, 0.717) is 5.56 Å². The zero-order chi connectivity index (χ0) is 11.4. The molecule has 0 bridgehead atoms. The lowest BCUT2D eigenvalue weighted by molar-refractivity contribution is 0.0660. The van der Waals surface area contributed by atoms with E-state index >= 15 is 0 Å². The molecule has 0 aliphatic heterocycles. The average Bonchev–Trinajstić information content (AvgIpc) is 2.15. The van der Waals surface area contributed by atoms with Crippen LogP contribution in [0.1, 0.15) is 19.4 Å². The van der Waals surface area contributed by atoms with Crippen molar-refractivity contribution in [2.75, 3.05) is 0 Å². The van der Waals surface area contributed by atoms with Crippen LogP contribution in [0.25, 0.3) is 0 Å². The fourth-order valence-corrected chi connectivity index (χ4v) is 1.19. The van der Waals surface area contributed by atoms with Crippen LogP contribution < -0.4 is 5.46 Å². The molecule has 0 unspecified atom stereocenters. The Balaban J connectivity index is 2.86. The van der Waals surface area contributed by atoms with Crippen molar-refractivity contribution in [1.29, 1.82) is 0 Å². The van der Waals surface area contributed by atoms with Crippen LogP contribution in [0.4, 0.5) is 4.39 Å². The summed E-state index contributed by atoms with van der Waals surface area (Å²) in [5, 5.41) is 18.1. The van der Waals surface area contributed by atoms with Gasteiger partial charge in [-0.3, -0.25) is 0 Å². The number of benzene rings is 1. The Labute approximate surface area is 88.7 Å². The van der Waals surface area contributed by atoms with Crippen LogP contribution in [0.3, 0.4) is 0 Å². The molecule has 1 aromatic rings. The molecule has 0 heterocycles. The summed E-state index contributed by atoms with van der Waals surface area (Å²) in [6, 6.07) is 3.86.